The first kappa shape index (κ1) is 9.99. The smallest absolute Gasteiger partial charge is 0.256 e. The van der Waals surface area contributed by atoms with Crippen LogP contribution in [0.15, 0.2) is 47.4 Å². The number of alkyl halides is 1. The molecule has 0 amide bonds. The average molecular weight is 220 g/mol. The Labute approximate surface area is 92.5 Å². The maximum atomic E-state index is 11.7. The molecule has 0 aliphatic rings. The molecule has 1 aromatic carbocycles. The number of aromatic amines is 1. The topological polar surface area (TPSA) is 32.9 Å². The molecule has 0 fully saturated rings. The van der Waals surface area contributed by atoms with Crippen molar-refractivity contribution in [3.63, 3.8) is 0 Å². The summed E-state index contributed by atoms with van der Waals surface area (Å²) in [6, 6.07) is 11.4. The molecule has 1 N–H and O–H groups in total. The van der Waals surface area contributed by atoms with Gasteiger partial charge in [0.15, 0.2) is 0 Å². The highest BCUT2D eigenvalue weighted by Crippen LogP contribution is 2.20. The van der Waals surface area contributed by atoms with Gasteiger partial charge in [0.2, 0.25) is 0 Å². The Kier molecular flexibility index (Phi) is 2.88. The molecule has 0 atom stereocenters. The second kappa shape index (κ2) is 4.32. The van der Waals surface area contributed by atoms with Gasteiger partial charge in [-0.25, -0.2) is 0 Å². The van der Waals surface area contributed by atoms with Gasteiger partial charge in [0.1, 0.15) is 0 Å². The first-order valence-corrected chi connectivity index (χ1v) is 5.18. The minimum atomic E-state index is -0.0978. The van der Waals surface area contributed by atoms with Crippen molar-refractivity contribution in [2.45, 2.75) is 5.88 Å². The summed E-state index contributed by atoms with van der Waals surface area (Å²) >= 11 is 5.80. The lowest BCUT2D eigenvalue weighted by atomic mass is 10.0. The molecule has 0 saturated carbocycles. The van der Waals surface area contributed by atoms with Crippen LogP contribution >= 0.6 is 11.6 Å². The van der Waals surface area contributed by atoms with Crippen LogP contribution in [0.25, 0.3) is 11.1 Å². The Hall–Kier alpha value is -1.54. The summed E-state index contributed by atoms with van der Waals surface area (Å²) in [7, 11) is 0. The molecular weight excluding hydrogens is 210 g/mol. The van der Waals surface area contributed by atoms with Crippen LogP contribution in [0.4, 0.5) is 0 Å². The van der Waals surface area contributed by atoms with Crippen LogP contribution in [0.2, 0.25) is 0 Å². The predicted octanol–water partition coefficient (Wildman–Crippen LogP) is 2.78. The molecule has 15 heavy (non-hydrogen) atoms. The van der Waals surface area contributed by atoms with E-state index >= 15 is 0 Å². The van der Waals surface area contributed by atoms with Crippen LogP contribution < -0.4 is 5.56 Å². The lowest BCUT2D eigenvalue weighted by Gasteiger charge is -2.04. The molecular formula is C12H10ClNO. The second-order valence-electron chi connectivity index (χ2n) is 3.21. The van der Waals surface area contributed by atoms with Crippen molar-refractivity contribution in [2.24, 2.45) is 0 Å². The monoisotopic (exact) mass is 219 g/mol. The molecule has 0 unspecified atom stereocenters. The highest BCUT2D eigenvalue weighted by Gasteiger charge is 2.07. The van der Waals surface area contributed by atoms with Crippen molar-refractivity contribution in [1.29, 1.82) is 0 Å². The Balaban J connectivity index is 2.67. The maximum absolute atomic E-state index is 11.7. The largest absolute Gasteiger partial charge is 0.329 e. The predicted molar refractivity (Wildman–Crippen MR) is 62.1 cm³/mol. The van der Waals surface area contributed by atoms with Crippen LogP contribution in [0.1, 0.15) is 5.56 Å². The second-order valence-corrected chi connectivity index (χ2v) is 3.47. The van der Waals surface area contributed by atoms with Gasteiger partial charge in [0.05, 0.1) is 5.56 Å². The molecule has 3 heteroatoms. The van der Waals surface area contributed by atoms with E-state index in [0.29, 0.717) is 11.4 Å². The molecule has 2 aromatic rings. The molecule has 2 rings (SSSR count). The fourth-order valence-electron chi connectivity index (χ4n) is 1.55. The number of nitrogens with one attached hydrogen (secondary N) is 1. The van der Waals surface area contributed by atoms with Crippen molar-refractivity contribution < 1.29 is 0 Å². The number of aromatic nitrogens is 1. The number of hydrogen-bond donors (Lipinski definition) is 1. The number of halogens is 1. The molecule has 76 valence electrons. The van der Waals surface area contributed by atoms with Gasteiger partial charge >= 0.3 is 0 Å². The molecule has 0 aliphatic carbocycles. The van der Waals surface area contributed by atoms with Gasteiger partial charge in [0, 0.05) is 12.1 Å². The zero-order valence-electron chi connectivity index (χ0n) is 8.03. The average Bonchev–Trinajstić information content (AvgIpc) is 2.29. The summed E-state index contributed by atoms with van der Waals surface area (Å²) < 4.78 is 0. The fraction of sp³-hybridized carbons (Fsp3) is 0.0833. The fourth-order valence-corrected chi connectivity index (χ4v) is 1.77. The van der Waals surface area contributed by atoms with Crippen LogP contribution in [0.3, 0.4) is 0 Å². The highest BCUT2D eigenvalue weighted by molar-refractivity contribution is 6.17. The zero-order chi connectivity index (χ0) is 10.7. The molecule has 2 nitrogen and oxygen atoms in total. The Morgan fingerprint density at radius 2 is 1.87 bits per heavy atom. The molecule has 1 heterocycles. The summed E-state index contributed by atoms with van der Waals surface area (Å²) in [5.41, 5.74) is 2.31. The Morgan fingerprint density at radius 1 is 1.13 bits per heavy atom. The van der Waals surface area contributed by atoms with E-state index in [1.165, 1.54) is 0 Å². The first-order chi connectivity index (χ1) is 7.33. The molecule has 0 bridgehead atoms. The third-order valence-corrected chi connectivity index (χ3v) is 2.54. The lowest BCUT2D eigenvalue weighted by molar-refractivity contribution is 1.20. The molecule has 0 aliphatic heterocycles. The van der Waals surface area contributed by atoms with Gasteiger partial charge in [-0.3, -0.25) is 4.79 Å². The van der Waals surface area contributed by atoms with E-state index in [1.807, 2.05) is 36.4 Å². The number of hydrogen-bond acceptors (Lipinski definition) is 1. The summed E-state index contributed by atoms with van der Waals surface area (Å²) in [6.07, 6.45) is 1.62. The minimum Gasteiger partial charge on any atom is -0.329 e. The zero-order valence-corrected chi connectivity index (χ0v) is 8.79. The number of H-pyrrole nitrogens is 1. The van der Waals surface area contributed by atoms with Crippen molar-refractivity contribution in [3.05, 3.63) is 58.5 Å². The summed E-state index contributed by atoms with van der Waals surface area (Å²) in [5, 5.41) is 0. The van der Waals surface area contributed by atoms with Gasteiger partial charge in [-0.05, 0) is 17.2 Å². The number of benzene rings is 1. The minimum absolute atomic E-state index is 0.0978. The third kappa shape index (κ3) is 1.95. The van der Waals surface area contributed by atoms with Crippen molar-refractivity contribution in [1.82, 2.24) is 4.98 Å². The summed E-state index contributed by atoms with van der Waals surface area (Å²) in [6.45, 7) is 0. The third-order valence-electron chi connectivity index (χ3n) is 2.25. The van der Waals surface area contributed by atoms with Gasteiger partial charge in [0.25, 0.3) is 5.56 Å². The van der Waals surface area contributed by atoms with Gasteiger partial charge in [-0.1, -0.05) is 30.3 Å². The van der Waals surface area contributed by atoms with Crippen molar-refractivity contribution in [2.75, 3.05) is 0 Å². The Bertz CT molecular complexity index is 505. The highest BCUT2D eigenvalue weighted by atomic mass is 35.5. The van der Waals surface area contributed by atoms with Crippen LogP contribution in [-0.4, -0.2) is 4.98 Å². The van der Waals surface area contributed by atoms with Gasteiger partial charge < -0.3 is 4.98 Å². The van der Waals surface area contributed by atoms with E-state index in [9.17, 15) is 4.79 Å². The summed E-state index contributed by atoms with van der Waals surface area (Å²) in [5.74, 6) is 0.341. The van der Waals surface area contributed by atoms with E-state index in [-0.39, 0.29) is 5.56 Å². The van der Waals surface area contributed by atoms with E-state index in [4.69, 9.17) is 11.6 Å². The van der Waals surface area contributed by atoms with Gasteiger partial charge in [-0.15, -0.1) is 11.6 Å². The lowest BCUT2D eigenvalue weighted by Crippen LogP contribution is -2.10. The van der Waals surface area contributed by atoms with E-state index in [1.54, 1.807) is 6.20 Å². The molecule has 1 aromatic heterocycles. The first-order valence-electron chi connectivity index (χ1n) is 4.65. The van der Waals surface area contributed by atoms with Crippen molar-refractivity contribution >= 4 is 11.6 Å². The standard InChI is InChI=1S/C12H10ClNO/c13-8-10-6-7-14-12(15)11(10)9-4-2-1-3-5-9/h1-7H,8H2,(H,14,15). The SMILES string of the molecule is O=c1[nH]ccc(CCl)c1-c1ccccc1. The Morgan fingerprint density at radius 3 is 2.53 bits per heavy atom. The molecule has 0 saturated heterocycles. The van der Waals surface area contributed by atoms with E-state index < -0.39 is 0 Å². The van der Waals surface area contributed by atoms with Crippen LogP contribution in [0, 0.1) is 0 Å². The number of pyridine rings is 1. The van der Waals surface area contributed by atoms with E-state index in [2.05, 4.69) is 4.98 Å². The number of rotatable bonds is 2. The van der Waals surface area contributed by atoms with E-state index in [0.717, 1.165) is 11.1 Å². The molecule has 0 spiro atoms. The molecule has 0 radical (unpaired) electrons. The van der Waals surface area contributed by atoms with Crippen LogP contribution in [-0.2, 0) is 5.88 Å². The van der Waals surface area contributed by atoms with Crippen LogP contribution in [0.5, 0.6) is 0 Å². The normalized spacial score (nSPS) is 10.2. The summed E-state index contributed by atoms with van der Waals surface area (Å²) in [4.78, 5) is 14.3. The van der Waals surface area contributed by atoms with Gasteiger partial charge in [-0.2, -0.15) is 0 Å². The maximum Gasteiger partial charge on any atom is 0.256 e. The van der Waals surface area contributed by atoms with Crippen molar-refractivity contribution in [3.8, 4) is 11.1 Å². The quantitative estimate of drug-likeness (QED) is 0.775.